The number of thioether (sulfide) groups is 1. The predicted octanol–water partition coefficient (Wildman–Crippen LogP) is 5.80. The average molecular weight is 510 g/mol. The van der Waals surface area contributed by atoms with Crippen molar-refractivity contribution in [1.82, 2.24) is 14.8 Å². The molecule has 0 bridgehead atoms. The average Bonchev–Trinajstić information content (AvgIpc) is 3.30. The zero-order valence-corrected chi connectivity index (χ0v) is 21.7. The van der Waals surface area contributed by atoms with Crippen molar-refractivity contribution >= 4 is 35.1 Å². The van der Waals surface area contributed by atoms with Gasteiger partial charge in [-0.25, -0.2) is 4.68 Å². The SMILES string of the molecule is CC1=C(C(=O)Nc2ccccc2)[C@H](c2ccc(C)cc2)n2nc(SCC(=O)c3ccc(C)cc3)nc2N1. The molecule has 5 rings (SSSR count). The molecule has 8 heteroatoms. The number of benzene rings is 3. The van der Waals surface area contributed by atoms with Gasteiger partial charge < -0.3 is 10.6 Å². The second-order valence-corrected chi connectivity index (χ2v) is 9.98. The first-order valence-corrected chi connectivity index (χ1v) is 13.0. The Morgan fingerprint density at radius 2 is 1.57 bits per heavy atom. The molecule has 0 spiro atoms. The van der Waals surface area contributed by atoms with E-state index in [-0.39, 0.29) is 17.4 Å². The lowest BCUT2D eigenvalue weighted by Gasteiger charge is -2.28. The van der Waals surface area contributed by atoms with E-state index in [2.05, 4.69) is 15.6 Å². The molecule has 1 aliphatic rings. The molecule has 7 nitrogen and oxygen atoms in total. The van der Waals surface area contributed by atoms with E-state index in [1.165, 1.54) is 11.8 Å². The zero-order valence-electron chi connectivity index (χ0n) is 20.9. The second kappa shape index (κ2) is 10.4. The highest BCUT2D eigenvalue weighted by Crippen LogP contribution is 2.37. The fourth-order valence-corrected chi connectivity index (χ4v) is 4.94. The fourth-order valence-electron chi connectivity index (χ4n) is 4.22. The number of rotatable bonds is 7. The molecule has 1 aromatic heterocycles. The quantitative estimate of drug-likeness (QED) is 0.242. The van der Waals surface area contributed by atoms with Crippen LogP contribution in [0.5, 0.6) is 0 Å². The molecule has 0 saturated carbocycles. The monoisotopic (exact) mass is 509 g/mol. The fraction of sp³-hybridized carbons (Fsp3) is 0.172. The molecule has 0 aliphatic carbocycles. The minimum Gasteiger partial charge on any atom is -0.328 e. The van der Waals surface area contributed by atoms with Crippen molar-refractivity contribution in [2.45, 2.75) is 32.0 Å². The normalized spacial score (nSPS) is 14.6. The number of hydrogen-bond donors (Lipinski definition) is 2. The number of aryl methyl sites for hydroxylation is 2. The van der Waals surface area contributed by atoms with Gasteiger partial charge in [0, 0.05) is 16.9 Å². The van der Waals surface area contributed by atoms with Gasteiger partial charge in [-0.1, -0.05) is 89.6 Å². The first-order valence-electron chi connectivity index (χ1n) is 12.0. The van der Waals surface area contributed by atoms with E-state index >= 15 is 0 Å². The van der Waals surface area contributed by atoms with Crippen LogP contribution in [0.2, 0.25) is 0 Å². The molecular formula is C29H27N5O2S. The summed E-state index contributed by atoms with van der Waals surface area (Å²) in [5.41, 5.74) is 5.78. The summed E-state index contributed by atoms with van der Waals surface area (Å²) < 4.78 is 1.73. The standard InChI is InChI=1S/C29H27N5O2S/c1-18-9-13-21(14-10-18)24(35)17-37-29-32-28-30-20(3)25(27(36)31-23-7-5-4-6-8-23)26(34(28)33-29)22-15-11-19(2)12-16-22/h4-16,26H,17H2,1-3H3,(H,31,36)(H,30,32,33)/t26-/m0/s1. The van der Waals surface area contributed by atoms with Gasteiger partial charge in [-0.2, -0.15) is 4.98 Å². The van der Waals surface area contributed by atoms with Crippen molar-refractivity contribution in [3.05, 3.63) is 112 Å². The highest BCUT2D eigenvalue weighted by molar-refractivity contribution is 7.99. The van der Waals surface area contributed by atoms with E-state index in [9.17, 15) is 9.59 Å². The van der Waals surface area contributed by atoms with Crippen LogP contribution in [0.1, 0.15) is 40.0 Å². The first-order chi connectivity index (χ1) is 17.9. The number of hydrogen-bond acceptors (Lipinski definition) is 6. The topological polar surface area (TPSA) is 88.9 Å². The Balaban J connectivity index is 1.44. The van der Waals surface area contributed by atoms with E-state index < -0.39 is 6.04 Å². The van der Waals surface area contributed by atoms with Crippen molar-refractivity contribution < 1.29 is 9.59 Å². The molecule has 0 unspecified atom stereocenters. The van der Waals surface area contributed by atoms with Crippen LogP contribution in [0.25, 0.3) is 0 Å². The number of nitrogens with zero attached hydrogens (tertiary/aromatic N) is 3. The number of allylic oxidation sites excluding steroid dienone is 1. The Morgan fingerprint density at radius 1 is 0.919 bits per heavy atom. The highest BCUT2D eigenvalue weighted by atomic mass is 32.2. The van der Waals surface area contributed by atoms with E-state index in [0.29, 0.717) is 33.6 Å². The molecule has 0 radical (unpaired) electrons. The molecule has 37 heavy (non-hydrogen) atoms. The van der Waals surface area contributed by atoms with Crippen LogP contribution < -0.4 is 10.6 Å². The summed E-state index contributed by atoms with van der Waals surface area (Å²) in [7, 11) is 0. The third-order valence-electron chi connectivity index (χ3n) is 6.21. The lowest BCUT2D eigenvalue weighted by Crippen LogP contribution is -2.31. The molecule has 1 amide bonds. The number of amides is 1. The van der Waals surface area contributed by atoms with Crippen LogP contribution in [0, 0.1) is 13.8 Å². The van der Waals surface area contributed by atoms with Gasteiger partial charge in [0.05, 0.1) is 11.3 Å². The van der Waals surface area contributed by atoms with Gasteiger partial charge >= 0.3 is 0 Å². The van der Waals surface area contributed by atoms with Crippen LogP contribution in [0.15, 0.2) is 95.3 Å². The Labute approximate surface area is 220 Å². The number of anilines is 2. The summed E-state index contributed by atoms with van der Waals surface area (Å²) in [4.78, 5) is 30.9. The number of fused-ring (bicyclic) bond motifs is 1. The minimum atomic E-state index is -0.477. The predicted molar refractivity (Wildman–Crippen MR) is 147 cm³/mol. The molecule has 0 saturated heterocycles. The van der Waals surface area contributed by atoms with Gasteiger partial charge in [0.2, 0.25) is 11.1 Å². The van der Waals surface area contributed by atoms with E-state index in [1.807, 2.05) is 99.6 Å². The van der Waals surface area contributed by atoms with Crippen molar-refractivity contribution in [2.24, 2.45) is 0 Å². The maximum absolute atomic E-state index is 13.5. The summed E-state index contributed by atoms with van der Waals surface area (Å²) >= 11 is 1.28. The van der Waals surface area contributed by atoms with Crippen LogP contribution in [0.3, 0.4) is 0 Å². The van der Waals surface area contributed by atoms with Crippen molar-refractivity contribution in [2.75, 3.05) is 16.4 Å². The molecule has 4 aromatic rings. The first kappa shape index (κ1) is 24.5. The van der Waals surface area contributed by atoms with Crippen LogP contribution in [-0.4, -0.2) is 32.2 Å². The Bertz CT molecular complexity index is 1480. The third-order valence-corrected chi connectivity index (χ3v) is 7.05. The van der Waals surface area contributed by atoms with Gasteiger partial charge in [0.15, 0.2) is 5.78 Å². The van der Waals surface area contributed by atoms with Crippen molar-refractivity contribution in [3.8, 4) is 0 Å². The van der Waals surface area contributed by atoms with Gasteiger partial charge in [-0.05, 0) is 38.5 Å². The van der Waals surface area contributed by atoms with Gasteiger partial charge in [0.1, 0.15) is 6.04 Å². The third kappa shape index (κ3) is 5.34. The maximum Gasteiger partial charge on any atom is 0.255 e. The van der Waals surface area contributed by atoms with Crippen LogP contribution in [-0.2, 0) is 4.79 Å². The molecule has 1 atom stereocenters. The zero-order chi connectivity index (χ0) is 25.9. The Hall–Kier alpha value is -4.17. The van der Waals surface area contributed by atoms with Gasteiger partial charge in [-0.3, -0.25) is 9.59 Å². The number of nitrogens with one attached hydrogen (secondary N) is 2. The van der Waals surface area contributed by atoms with E-state index in [0.717, 1.165) is 16.7 Å². The molecule has 2 heterocycles. The summed E-state index contributed by atoms with van der Waals surface area (Å²) in [6.07, 6.45) is 0. The summed E-state index contributed by atoms with van der Waals surface area (Å²) in [6, 6.07) is 24.5. The number of Topliss-reactive ketones (excluding diaryl/α,β-unsaturated/α-hetero) is 1. The van der Waals surface area contributed by atoms with Crippen LogP contribution >= 0.6 is 11.8 Å². The molecule has 3 aromatic carbocycles. The maximum atomic E-state index is 13.5. The van der Waals surface area contributed by atoms with Crippen molar-refractivity contribution in [3.63, 3.8) is 0 Å². The summed E-state index contributed by atoms with van der Waals surface area (Å²) in [6.45, 7) is 5.88. The highest BCUT2D eigenvalue weighted by Gasteiger charge is 2.34. The number of carbonyl (C=O) groups is 2. The van der Waals surface area contributed by atoms with E-state index in [4.69, 9.17) is 5.10 Å². The smallest absolute Gasteiger partial charge is 0.255 e. The Morgan fingerprint density at radius 3 is 2.24 bits per heavy atom. The molecule has 1 aliphatic heterocycles. The van der Waals surface area contributed by atoms with Gasteiger partial charge in [-0.15, -0.1) is 5.10 Å². The van der Waals surface area contributed by atoms with Crippen molar-refractivity contribution in [1.29, 1.82) is 0 Å². The number of ketones is 1. The number of para-hydroxylation sites is 1. The summed E-state index contributed by atoms with van der Waals surface area (Å²) in [5.74, 6) is 0.546. The number of carbonyl (C=O) groups excluding carboxylic acids is 2. The number of aromatic nitrogens is 3. The minimum absolute atomic E-state index is 0.0121. The largest absolute Gasteiger partial charge is 0.328 e. The lowest BCUT2D eigenvalue weighted by atomic mass is 9.94. The molecule has 2 N–H and O–H groups in total. The van der Waals surface area contributed by atoms with Crippen LogP contribution in [0.4, 0.5) is 11.6 Å². The summed E-state index contributed by atoms with van der Waals surface area (Å²) in [5, 5.41) is 11.4. The molecular weight excluding hydrogens is 482 g/mol. The van der Waals surface area contributed by atoms with E-state index in [1.54, 1.807) is 4.68 Å². The lowest BCUT2D eigenvalue weighted by molar-refractivity contribution is -0.113. The molecule has 186 valence electrons. The molecule has 0 fully saturated rings. The second-order valence-electron chi connectivity index (χ2n) is 9.04. The van der Waals surface area contributed by atoms with Gasteiger partial charge in [0.25, 0.3) is 5.91 Å². The Kier molecular flexibility index (Phi) is 6.92.